The van der Waals surface area contributed by atoms with E-state index in [1.54, 1.807) is 0 Å². The summed E-state index contributed by atoms with van der Waals surface area (Å²) in [6.07, 6.45) is 2.20. The summed E-state index contributed by atoms with van der Waals surface area (Å²) in [4.78, 5) is 0. The number of hydrogen-bond donors (Lipinski definition) is 1. The van der Waals surface area contributed by atoms with Gasteiger partial charge in [-0.1, -0.05) is 28.1 Å². The molecule has 0 radical (unpaired) electrons. The summed E-state index contributed by atoms with van der Waals surface area (Å²) in [5.74, 6) is 0. The third-order valence-electron chi connectivity index (χ3n) is 3.23. The zero-order valence-electron chi connectivity index (χ0n) is 9.63. The average Bonchev–Trinajstić information content (AvgIpc) is 2.29. The Morgan fingerprint density at radius 3 is 2.50 bits per heavy atom. The van der Waals surface area contributed by atoms with E-state index in [9.17, 15) is 0 Å². The van der Waals surface area contributed by atoms with E-state index in [1.807, 2.05) is 0 Å². The molecule has 1 aromatic rings. The standard InChI is InChI=1S/C13H18BrNO/c1-13(6-8-16-9-7-13)15-10-11-2-4-12(14)5-3-11/h2-5,15H,6-10H2,1H3. The zero-order valence-corrected chi connectivity index (χ0v) is 11.2. The van der Waals surface area contributed by atoms with Gasteiger partial charge in [-0.25, -0.2) is 0 Å². The monoisotopic (exact) mass is 283 g/mol. The van der Waals surface area contributed by atoms with E-state index < -0.39 is 0 Å². The van der Waals surface area contributed by atoms with Crippen LogP contribution in [0, 0.1) is 0 Å². The maximum Gasteiger partial charge on any atom is 0.0483 e. The number of nitrogens with one attached hydrogen (secondary N) is 1. The fourth-order valence-corrected chi connectivity index (χ4v) is 2.18. The molecule has 1 heterocycles. The Labute approximate surface area is 106 Å². The molecule has 0 aliphatic carbocycles. The predicted molar refractivity (Wildman–Crippen MR) is 69.4 cm³/mol. The van der Waals surface area contributed by atoms with Gasteiger partial charge in [0.15, 0.2) is 0 Å². The van der Waals surface area contributed by atoms with Crippen molar-refractivity contribution >= 4 is 15.9 Å². The van der Waals surface area contributed by atoms with E-state index in [0.717, 1.165) is 37.1 Å². The van der Waals surface area contributed by atoms with E-state index in [0.29, 0.717) is 0 Å². The van der Waals surface area contributed by atoms with E-state index >= 15 is 0 Å². The van der Waals surface area contributed by atoms with Crippen LogP contribution in [0.25, 0.3) is 0 Å². The predicted octanol–water partition coefficient (Wildman–Crippen LogP) is 3.11. The first kappa shape index (κ1) is 12.1. The molecular weight excluding hydrogens is 266 g/mol. The molecule has 1 saturated heterocycles. The lowest BCUT2D eigenvalue weighted by Gasteiger charge is -2.34. The summed E-state index contributed by atoms with van der Waals surface area (Å²) >= 11 is 3.45. The Morgan fingerprint density at radius 2 is 1.88 bits per heavy atom. The highest BCUT2D eigenvalue weighted by molar-refractivity contribution is 9.10. The summed E-state index contributed by atoms with van der Waals surface area (Å²) in [6.45, 7) is 4.98. The highest BCUT2D eigenvalue weighted by Crippen LogP contribution is 2.20. The van der Waals surface area contributed by atoms with Crippen molar-refractivity contribution in [3.05, 3.63) is 34.3 Å². The summed E-state index contributed by atoms with van der Waals surface area (Å²) in [7, 11) is 0. The zero-order chi connectivity index (χ0) is 11.4. The van der Waals surface area contributed by atoms with Crippen molar-refractivity contribution in [2.45, 2.75) is 31.8 Å². The van der Waals surface area contributed by atoms with Crippen LogP contribution >= 0.6 is 15.9 Å². The molecule has 1 aliphatic heterocycles. The molecule has 88 valence electrons. The van der Waals surface area contributed by atoms with Crippen LogP contribution in [-0.2, 0) is 11.3 Å². The highest BCUT2D eigenvalue weighted by Gasteiger charge is 2.26. The van der Waals surface area contributed by atoms with Crippen molar-refractivity contribution in [3.63, 3.8) is 0 Å². The van der Waals surface area contributed by atoms with Gasteiger partial charge in [-0.2, -0.15) is 0 Å². The Balaban J connectivity index is 1.88. The fourth-order valence-electron chi connectivity index (χ4n) is 1.92. The fraction of sp³-hybridized carbons (Fsp3) is 0.538. The van der Waals surface area contributed by atoms with Crippen LogP contribution in [0.4, 0.5) is 0 Å². The maximum absolute atomic E-state index is 5.39. The highest BCUT2D eigenvalue weighted by atomic mass is 79.9. The van der Waals surface area contributed by atoms with Crippen LogP contribution in [0.5, 0.6) is 0 Å². The minimum atomic E-state index is 0.241. The number of halogens is 1. The number of benzene rings is 1. The van der Waals surface area contributed by atoms with Crippen LogP contribution in [-0.4, -0.2) is 18.8 Å². The summed E-state index contributed by atoms with van der Waals surface area (Å²) in [5, 5.41) is 3.64. The molecule has 0 atom stereocenters. The average molecular weight is 284 g/mol. The minimum absolute atomic E-state index is 0.241. The van der Waals surface area contributed by atoms with Crippen LogP contribution in [0.1, 0.15) is 25.3 Å². The third kappa shape index (κ3) is 3.30. The van der Waals surface area contributed by atoms with Gasteiger partial charge >= 0.3 is 0 Å². The van der Waals surface area contributed by atoms with Gasteiger partial charge in [0.05, 0.1) is 0 Å². The first-order valence-corrected chi connectivity index (χ1v) is 6.54. The summed E-state index contributed by atoms with van der Waals surface area (Å²) < 4.78 is 6.52. The SMILES string of the molecule is CC1(NCc2ccc(Br)cc2)CCOCC1. The van der Waals surface area contributed by atoms with Gasteiger partial charge < -0.3 is 10.1 Å². The Kier molecular flexibility index (Phi) is 4.00. The van der Waals surface area contributed by atoms with Crippen molar-refractivity contribution in [1.29, 1.82) is 0 Å². The molecule has 0 unspecified atom stereocenters. The van der Waals surface area contributed by atoms with Crippen LogP contribution in [0.2, 0.25) is 0 Å². The first-order chi connectivity index (χ1) is 7.68. The van der Waals surface area contributed by atoms with Gasteiger partial charge in [-0.05, 0) is 37.5 Å². The third-order valence-corrected chi connectivity index (χ3v) is 3.76. The van der Waals surface area contributed by atoms with E-state index in [2.05, 4.69) is 52.4 Å². The topological polar surface area (TPSA) is 21.3 Å². The molecule has 0 amide bonds. The second-order valence-corrected chi connectivity index (χ2v) is 5.57. The lowest BCUT2D eigenvalue weighted by atomic mass is 9.92. The molecule has 2 rings (SSSR count). The van der Waals surface area contributed by atoms with Gasteiger partial charge in [0.1, 0.15) is 0 Å². The number of hydrogen-bond acceptors (Lipinski definition) is 2. The Bertz CT molecular complexity index is 330. The van der Waals surface area contributed by atoms with Crippen molar-refractivity contribution < 1.29 is 4.74 Å². The van der Waals surface area contributed by atoms with Crippen LogP contribution < -0.4 is 5.32 Å². The molecule has 1 aliphatic rings. The second kappa shape index (κ2) is 5.30. The summed E-state index contributed by atoms with van der Waals surface area (Å²) in [6, 6.07) is 8.48. The molecule has 0 spiro atoms. The van der Waals surface area contributed by atoms with Crippen LogP contribution in [0.3, 0.4) is 0 Å². The minimum Gasteiger partial charge on any atom is -0.381 e. The summed E-state index contributed by atoms with van der Waals surface area (Å²) in [5.41, 5.74) is 1.57. The molecule has 3 heteroatoms. The largest absolute Gasteiger partial charge is 0.381 e. The number of rotatable bonds is 3. The van der Waals surface area contributed by atoms with Gasteiger partial charge in [0.25, 0.3) is 0 Å². The van der Waals surface area contributed by atoms with Gasteiger partial charge in [-0.15, -0.1) is 0 Å². The van der Waals surface area contributed by atoms with Gasteiger partial charge in [-0.3, -0.25) is 0 Å². The molecule has 0 aromatic heterocycles. The molecule has 1 fully saturated rings. The normalized spacial score (nSPS) is 19.6. The maximum atomic E-state index is 5.39. The lowest BCUT2D eigenvalue weighted by Crippen LogP contribution is -2.46. The van der Waals surface area contributed by atoms with E-state index in [4.69, 9.17) is 4.74 Å². The molecule has 16 heavy (non-hydrogen) atoms. The van der Waals surface area contributed by atoms with Crippen molar-refractivity contribution in [2.75, 3.05) is 13.2 Å². The van der Waals surface area contributed by atoms with Crippen LogP contribution in [0.15, 0.2) is 28.7 Å². The molecule has 0 bridgehead atoms. The quantitative estimate of drug-likeness (QED) is 0.921. The van der Waals surface area contributed by atoms with Crippen molar-refractivity contribution in [2.24, 2.45) is 0 Å². The number of ether oxygens (including phenoxy) is 1. The Hall–Kier alpha value is -0.380. The molecule has 0 saturated carbocycles. The van der Waals surface area contributed by atoms with Gasteiger partial charge in [0, 0.05) is 29.8 Å². The lowest BCUT2D eigenvalue weighted by molar-refractivity contribution is 0.0446. The van der Waals surface area contributed by atoms with Crippen molar-refractivity contribution in [3.8, 4) is 0 Å². The van der Waals surface area contributed by atoms with Crippen molar-refractivity contribution in [1.82, 2.24) is 5.32 Å². The molecular formula is C13H18BrNO. The molecule has 2 nitrogen and oxygen atoms in total. The van der Waals surface area contributed by atoms with Gasteiger partial charge in [0.2, 0.25) is 0 Å². The van der Waals surface area contributed by atoms with E-state index in [1.165, 1.54) is 5.56 Å². The van der Waals surface area contributed by atoms with E-state index in [-0.39, 0.29) is 5.54 Å². The molecule has 1 N–H and O–H groups in total. The first-order valence-electron chi connectivity index (χ1n) is 5.75. The molecule has 1 aromatic carbocycles. The Morgan fingerprint density at radius 1 is 1.25 bits per heavy atom. The smallest absolute Gasteiger partial charge is 0.0483 e. The second-order valence-electron chi connectivity index (χ2n) is 4.65.